The van der Waals surface area contributed by atoms with Crippen LogP contribution in [0.5, 0.6) is 0 Å². The monoisotopic (exact) mass is 363 g/mol. The van der Waals surface area contributed by atoms with Gasteiger partial charge in [-0.15, -0.1) is 0 Å². The van der Waals surface area contributed by atoms with Crippen molar-refractivity contribution in [3.05, 3.63) is 35.9 Å². The summed E-state index contributed by atoms with van der Waals surface area (Å²) in [6, 6.07) is 9.31. The number of rotatable bonds is 9. The van der Waals surface area contributed by atoms with Crippen LogP contribution in [0, 0.1) is 5.92 Å². The highest BCUT2D eigenvalue weighted by atomic mass is 16.6. The molecule has 26 heavy (non-hydrogen) atoms. The summed E-state index contributed by atoms with van der Waals surface area (Å²) >= 11 is 0. The van der Waals surface area contributed by atoms with E-state index in [9.17, 15) is 9.59 Å². The summed E-state index contributed by atoms with van der Waals surface area (Å²) in [5, 5.41) is 0. The van der Waals surface area contributed by atoms with Crippen molar-refractivity contribution < 1.29 is 19.1 Å². The van der Waals surface area contributed by atoms with Gasteiger partial charge in [-0.05, 0) is 52.3 Å². The molecule has 0 N–H and O–H groups in total. The first-order valence-electron chi connectivity index (χ1n) is 9.23. The Kier molecular flexibility index (Phi) is 8.79. The molecule has 5 nitrogen and oxygen atoms in total. The van der Waals surface area contributed by atoms with E-state index in [2.05, 4.69) is 0 Å². The normalized spacial score (nSPS) is 12.9. The number of likely N-dealkylation sites (N-methyl/N-ethyl adjacent to an activating group) is 1. The topological polar surface area (TPSA) is 55.8 Å². The number of carbonyl (C=O) groups is 2. The van der Waals surface area contributed by atoms with E-state index in [1.165, 1.54) is 0 Å². The summed E-state index contributed by atoms with van der Waals surface area (Å²) in [4.78, 5) is 26.3. The van der Waals surface area contributed by atoms with E-state index >= 15 is 0 Å². The number of esters is 2. The van der Waals surface area contributed by atoms with Crippen molar-refractivity contribution in [3.63, 3.8) is 0 Å². The van der Waals surface area contributed by atoms with Gasteiger partial charge < -0.3 is 9.47 Å². The molecule has 1 rings (SSSR count). The summed E-state index contributed by atoms with van der Waals surface area (Å²) in [7, 11) is 1.89. The number of ether oxygens (including phenoxy) is 2. The second-order valence-electron chi connectivity index (χ2n) is 7.95. The molecular weight excluding hydrogens is 330 g/mol. The third-order valence-electron chi connectivity index (χ3n) is 3.88. The highest BCUT2D eigenvalue weighted by Gasteiger charge is 2.28. The van der Waals surface area contributed by atoms with Crippen LogP contribution in [0.2, 0.25) is 0 Å². The Hall–Kier alpha value is -1.88. The molecule has 0 amide bonds. The van der Waals surface area contributed by atoms with Gasteiger partial charge in [-0.25, -0.2) is 0 Å². The average molecular weight is 363 g/mol. The van der Waals surface area contributed by atoms with Crippen LogP contribution in [0.1, 0.15) is 53.0 Å². The van der Waals surface area contributed by atoms with E-state index in [1.54, 1.807) is 0 Å². The van der Waals surface area contributed by atoms with Crippen LogP contribution < -0.4 is 0 Å². The Morgan fingerprint density at radius 1 is 1.12 bits per heavy atom. The fourth-order valence-electron chi connectivity index (χ4n) is 2.78. The van der Waals surface area contributed by atoms with Crippen molar-refractivity contribution in [1.82, 2.24) is 4.90 Å². The van der Waals surface area contributed by atoms with Crippen LogP contribution in [-0.4, -0.2) is 42.1 Å². The minimum Gasteiger partial charge on any atom is -0.460 e. The van der Waals surface area contributed by atoms with Crippen molar-refractivity contribution in [2.24, 2.45) is 5.92 Å². The summed E-state index contributed by atoms with van der Waals surface area (Å²) in [6.45, 7) is 10.5. The van der Waals surface area contributed by atoms with Crippen molar-refractivity contribution in [2.45, 2.75) is 65.7 Å². The molecule has 0 aliphatic rings. The summed E-state index contributed by atoms with van der Waals surface area (Å²) in [5.74, 6) is -0.327. The molecule has 0 spiro atoms. The lowest BCUT2D eigenvalue weighted by atomic mass is 10.0. The van der Waals surface area contributed by atoms with Crippen LogP contribution in [0.25, 0.3) is 0 Å². The summed E-state index contributed by atoms with van der Waals surface area (Å²) in [5.41, 5.74) is 0.501. The average Bonchev–Trinajstić information content (AvgIpc) is 2.52. The van der Waals surface area contributed by atoms with Gasteiger partial charge >= 0.3 is 11.9 Å². The van der Waals surface area contributed by atoms with Gasteiger partial charge in [0.25, 0.3) is 0 Å². The zero-order valence-electron chi connectivity index (χ0n) is 17.0. The highest BCUT2D eigenvalue weighted by Crippen LogP contribution is 2.14. The molecule has 5 heteroatoms. The third-order valence-corrected chi connectivity index (χ3v) is 3.88. The Labute approximate surface area is 157 Å². The van der Waals surface area contributed by atoms with Gasteiger partial charge in [-0.1, -0.05) is 44.2 Å². The molecule has 0 bridgehead atoms. The molecular formula is C21H33NO4. The van der Waals surface area contributed by atoms with Gasteiger partial charge in [-0.3, -0.25) is 14.5 Å². The SMILES string of the molecule is CC(C)[C@@H](C(=O)OCc1ccccc1)N(C)CCCC(=O)OC(C)(C)C. The molecule has 0 heterocycles. The maximum absolute atomic E-state index is 12.5. The number of hydrogen-bond acceptors (Lipinski definition) is 5. The molecule has 0 aliphatic carbocycles. The van der Waals surface area contributed by atoms with E-state index in [4.69, 9.17) is 9.47 Å². The fourth-order valence-corrected chi connectivity index (χ4v) is 2.78. The number of carbonyl (C=O) groups excluding carboxylic acids is 2. The number of hydrogen-bond donors (Lipinski definition) is 0. The molecule has 0 aliphatic heterocycles. The predicted molar refractivity (Wildman–Crippen MR) is 103 cm³/mol. The molecule has 0 saturated heterocycles. The van der Waals surface area contributed by atoms with Gasteiger partial charge in [0.2, 0.25) is 0 Å². The maximum Gasteiger partial charge on any atom is 0.323 e. The van der Waals surface area contributed by atoms with Crippen molar-refractivity contribution in [2.75, 3.05) is 13.6 Å². The Bertz CT molecular complexity index is 563. The minimum atomic E-state index is -0.468. The van der Waals surface area contributed by atoms with E-state index in [0.717, 1.165) is 5.56 Å². The molecule has 1 aromatic rings. The quantitative estimate of drug-likeness (QED) is 0.625. The second kappa shape index (κ2) is 10.3. The fraction of sp³-hybridized carbons (Fsp3) is 0.619. The highest BCUT2D eigenvalue weighted by molar-refractivity contribution is 5.76. The van der Waals surface area contributed by atoms with E-state index < -0.39 is 5.60 Å². The van der Waals surface area contributed by atoms with Crippen molar-refractivity contribution >= 4 is 11.9 Å². The van der Waals surface area contributed by atoms with Gasteiger partial charge in [-0.2, -0.15) is 0 Å². The molecule has 0 radical (unpaired) electrons. The Morgan fingerprint density at radius 2 is 1.73 bits per heavy atom. The number of benzene rings is 1. The Morgan fingerprint density at radius 3 is 2.27 bits per heavy atom. The van der Waals surface area contributed by atoms with Gasteiger partial charge in [0.15, 0.2) is 0 Å². The standard InChI is InChI=1S/C21H33NO4/c1-16(2)19(20(24)25-15-17-11-8-7-9-12-17)22(6)14-10-13-18(23)26-21(3,4)5/h7-9,11-12,16,19H,10,13-15H2,1-6H3/t19-/m0/s1. The van der Waals surface area contributed by atoms with E-state index in [-0.39, 0.29) is 30.5 Å². The second-order valence-corrected chi connectivity index (χ2v) is 7.95. The van der Waals surface area contributed by atoms with Crippen LogP contribution in [-0.2, 0) is 25.7 Å². The molecule has 0 aromatic heterocycles. The molecule has 1 aromatic carbocycles. The molecule has 0 unspecified atom stereocenters. The Balaban J connectivity index is 2.49. The minimum absolute atomic E-state index is 0.116. The van der Waals surface area contributed by atoms with Crippen LogP contribution >= 0.6 is 0 Å². The van der Waals surface area contributed by atoms with Crippen LogP contribution in [0.15, 0.2) is 30.3 Å². The van der Waals surface area contributed by atoms with E-state index in [0.29, 0.717) is 19.4 Å². The lowest BCUT2D eigenvalue weighted by Crippen LogP contribution is -2.44. The van der Waals surface area contributed by atoms with Gasteiger partial charge in [0.1, 0.15) is 18.2 Å². The predicted octanol–water partition coefficient (Wildman–Crippen LogP) is 3.81. The first-order valence-corrected chi connectivity index (χ1v) is 9.23. The smallest absolute Gasteiger partial charge is 0.323 e. The molecule has 146 valence electrons. The summed E-state index contributed by atoms with van der Waals surface area (Å²) in [6.07, 6.45) is 0.978. The van der Waals surface area contributed by atoms with Gasteiger partial charge in [0, 0.05) is 6.42 Å². The van der Waals surface area contributed by atoms with Crippen molar-refractivity contribution in [3.8, 4) is 0 Å². The first-order chi connectivity index (χ1) is 12.1. The largest absolute Gasteiger partial charge is 0.460 e. The number of nitrogens with zero attached hydrogens (tertiary/aromatic N) is 1. The van der Waals surface area contributed by atoms with Crippen molar-refractivity contribution in [1.29, 1.82) is 0 Å². The summed E-state index contributed by atoms with van der Waals surface area (Å²) < 4.78 is 10.8. The van der Waals surface area contributed by atoms with Gasteiger partial charge in [0.05, 0.1) is 0 Å². The lowest BCUT2D eigenvalue weighted by molar-refractivity contribution is -0.155. The zero-order chi connectivity index (χ0) is 19.7. The molecule has 0 fully saturated rings. The van der Waals surface area contributed by atoms with Crippen LogP contribution in [0.4, 0.5) is 0 Å². The first kappa shape index (κ1) is 22.2. The van der Waals surface area contributed by atoms with E-state index in [1.807, 2.05) is 76.9 Å². The lowest BCUT2D eigenvalue weighted by Gasteiger charge is -2.29. The van der Waals surface area contributed by atoms with Crippen LogP contribution in [0.3, 0.4) is 0 Å². The third kappa shape index (κ3) is 8.48. The molecule has 0 saturated carbocycles. The zero-order valence-corrected chi connectivity index (χ0v) is 17.0. The maximum atomic E-state index is 12.5. The molecule has 1 atom stereocenters.